The van der Waals surface area contributed by atoms with Gasteiger partial charge in [0.25, 0.3) is 5.91 Å². The largest absolute Gasteiger partial charge is 0.349 e. The van der Waals surface area contributed by atoms with Gasteiger partial charge in [-0.1, -0.05) is 48.5 Å². The first-order valence-electron chi connectivity index (χ1n) is 9.72. The second-order valence-corrected chi connectivity index (χ2v) is 7.07. The monoisotopic (exact) mass is 377 g/mol. The fourth-order valence-corrected chi connectivity index (χ4v) is 3.48. The lowest BCUT2D eigenvalue weighted by Crippen LogP contribution is -2.38. The number of hydrogen-bond acceptors (Lipinski definition) is 3. The third-order valence-electron chi connectivity index (χ3n) is 5.04. The van der Waals surface area contributed by atoms with Crippen LogP contribution >= 0.6 is 0 Å². The Balaban J connectivity index is 1.55. The molecular formula is C23H27N3O2. The first-order chi connectivity index (χ1) is 13.7. The molecule has 2 aromatic carbocycles. The fraction of sp³-hybridized carbons (Fsp3) is 0.304. The third kappa shape index (κ3) is 5.30. The standard InChI is InChI=1S/C23H27N3O2/c1-2-14-24-23(28)20-10-6-7-11-21(20)25-22(27)19-12-15-26(16-13-19)17-18-8-4-3-5-9-18/h2-11,19H,1,12-17H2,(H,24,28)(H,25,27). The van der Waals surface area contributed by atoms with E-state index in [4.69, 9.17) is 0 Å². The number of hydrogen-bond donors (Lipinski definition) is 2. The van der Waals surface area contributed by atoms with Gasteiger partial charge in [0.2, 0.25) is 5.91 Å². The third-order valence-corrected chi connectivity index (χ3v) is 5.04. The average Bonchev–Trinajstić information content (AvgIpc) is 2.73. The van der Waals surface area contributed by atoms with Gasteiger partial charge in [0, 0.05) is 19.0 Å². The summed E-state index contributed by atoms with van der Waals surface area (Å²) in [6.45, 7) is 6.70. The number of para-hydroxylation sites is 1. The van der Waals surface area contributed by atoms with Gasteiger partial charge in [-0.2, -0.15) is 0 Å². The molecule has 1 aliphatic heterocycles. The van der Waals surface area contributed by atoms with Crippen LogP contribution in [0.5, 0.6) is 0 Å². The Morgan fingerprint density at radius 1 is 1.04 bits per heavy atom. The zero-order valence-electron chi connectivity index (χ0n) is 16.1. The molecule has 1 heterocycles. The lowest BCUT2D eigenvalue weighted by molar-refractivity contribution is -0.121. The van der Waals surface area contributed by atoms with E-state index in [0.717, 1.165) is 32.5 Å². The first-order valence-corrected chi connectivity index (χ1v) is 9.72. The van der Waals surface area contributed by atoms with Crippen molar-refractivity contribution in [2.45, 2.75) is 19.4 Å². The molecule has 0 bridgehead atoms. The smallest absolute Gasteiger partial charge is 0.253 e. The highest BCUT2D eigenvalue weighted by molar-refractivity contribution is 6.04. The Labute approximate surface area is 166 Å². The Bertz CT molecular complexity index is 812. The van der Waals surface area contributed by atoms with Crippen LogP contribution in [0.3, 0.4) is 0 Å². The molecule has 0 aliphatic carbocycles. The van der Waals surface area contributed by atoms with Gasteiger partial charge in [0.1, 0.15) is 0 Å². The van der Waals surface area contributed by atoms with Gasteiger partial charge in [0.05, 0.1) is 11.3 Å². The minimum Gasteiger partial charge on any atom is -0.349 e. The fourth-order valence-electron chi connectivity index (χ4n) is 3.48. The number of likely N-dealkylation sites (tertiary alicyclic amines) is 1. The minimum atomic E-state index is -0.214. The molecule has 5 nitrogen and oxygen atoms in total. The molecule has 2 N–H and O–H groups in total. The lowest BCUT2D eigenvalue weighted by Gasteiger charge is -2.31. The summed E-state index contributed by atoms with van der Waals surface area (Å²) in [6.07, 6.45) is 3.27. The highest BCUT2D eigenvalue weighted by atomic mass is 16.2. The lowest BCUT2D eigenvalue weighted by atomic mass is 9.95. The van der Waals surface area contributed by atoms with Gasteiger partial charge < -0.3 is 10.6 Å². The molecule has 0 atom stereocenters. The molecular weight excluding hydrogens is 350 g/mol. The molecule has 0 aromatic heterocycles. The van der Waals surface area contributed by atoms with E-state index in [0.29, 0.717) is 17.8 Å². The summed E-state index contributed by atoms with van der Waals surface area (Å²) in [5.74, 6) is -0.256. The Morgan fingerprint density at radius 2 is 1.71 bits per heavy atom. The number of carbonyl (C=O) groups excluding carboxylic acids is 2. The summed E-state index contributed by atoms with van der Waals surface area (Å²) in [7, 11) is 0. The summed E-state index contributed by atoms with van der Waals surface area (Å²) in [4.78, 5) is 27.4. The van der Waals surface area contributed by atoms with Gasteiger partial charge in [-0.05, 0) is 43.6 Å². The summed E-state index contributed by atoms with van der Waals surface area (Å²) in [5, 5.41) is 5.71. The summed E-state index contributed by atoms with van der Waals surface area (Å²) in [5.41, 5.74) is 2.32. The van der Waals surface area contributed by atoms with E-state index < -0.39 is 0 Å². The van der Waals surface area contributed by atoms with Crippen molar-refractivity contribution in [1.82, 2.24) is 10.2 Å². The number of anilines is 1. The highest BCUT2D eigenvalue weighted by Crippen LogP contribution is 2.22. The van der Waals surface area contributed by atoms with Crippen LogP contribution < -0.4 is 10.6 Å². The van der Waals surface area contributed by atoms with Crippen molar-refractivity contribution < 1.29 is 9.59 Å². The van der Waals surface area contributed by atoms with Crippen LogP contribution in [0.2, 0.25) is 0 Å². The Hall–Kier alpha value is -2.92. The number of nitrogens with zero attached hydrogens (tertiary/aromatic N) is 1. The average molecular weight is 377 g/mol. The molecule has 3 rings (SSSR count). The second-order valence-electron chi connectivity index (χ2n) is 7.07. The van der Waals surface area contributed by atoms with Crippen molar-refractivity contribution in [2.24, 2.45) is 5.92 Å². The van der Waals surface area contributed by atoms with Crippen molar-refractivity contribution >= 4 is 17.5 Å². The maximum Gasteiger partial charge on any atom is 0.253 e. The molecule has 5 heteroatoms. The van der Waals surface area contributed by atoms with Crippen molar-refractivity contribution in [1.29, 1.82) is 0 Å². The van der Waals surface area contributed by atoms with E-state index in [9.17, 15) is 9.59 Å². The maximum absolute atomic E-state index is 12.7. The SMILES string of the molecule is C=CCNC(=O)c1ccccc1NC(=O)C1CCN(Cc2ccccc2)CC1. The van der Waals surface area contributed by atoms with E-state index in [1.54, 1.807) is 24.3 Å². The number of benzene rings is 2. The van der Waals surface area contributed by atoms with Crippen molar-refractivity contribution in [3.8, 4) is 0 Å². The van der Waals surface area contributed by atoms with Gasteiger partial charge in [-0.25, -0.2) is 0 Å². The highest BCUT2D eigenvalue weighted by Gasteiger charge is 2.25. The quantitative estimate of drug-likeness (QED) is 0.727. The van der Waals surface area contributed by atoms with Gasteiger partial charge in [-0.3, -0.25) is 14.5 Å². The van der Waals surface area contributed by atoms with Gasteiger partial charge >= 0.3 is 0 Å². The van der Waals surface area contributed by atoms with Crippen LogP contribution in [-0.2, 0) is 11.3 Å². The normalized spacial score (nSPS) is 15.0. The first kappa shape index (κ1) is 19.8. The van der Waals surface area contributed by atoms with Crippen molar-refractivity contribution in [2.75, 3.05) is 25.0 Å². The molecule has 1 fully saturated rings. The number of piperidine rings is 1. The predicted octanol–water partition coefficient (Wildman–Crippen LogP) is 3.45. The van der Waals surface area contributed by atoms with Crippen LogP contribution in [0.25, 0.3) is 0 Å². The van der Waals surface area contributed by atoms with E-state index >= 15 is 0 Å². The Kier molecular flexibility index (Phi) is 6.98. The number of nitrogens with one attached hydrogen (secondary N) is 2. The van der Waals surface area contributed by atoms with E-state index in [1.807, 2.05) is 12.1 Å². The molecule has 1 aliphatic rings. The molecule has 146 valence electrons. The minimum absolute atomic E-state index is 0.0108. The summed E-state index contributed by atoms with van der Waals surface area (Å²) >= 11 is 0. The zero-order chi connectivity index (χ0) is 19.8. The van der Waals surface area contributed by atoms with E-state index in [-0.39, 0.29) is 17.7 Å². The zero-order valence-corrected chi connectivity index (χ0v) is 16.1. The molecule has 2 aromatic rings. The molecule has 0 spiro atoms. The molecule has 0 radical (unpaired) electrons. The summed E-state index contributed by atoms with van der Waals surface area (Å²) in [6, 6.07) is 17.5. The second kappa shape index (κ2) is 9.85. The van der Waals surface area contributed by atoms with Crippen LogP contribution in [-0.4, -0.2) is 36.3 Å². The number of rotatable bonds is 7. The molecule has 0 saturated carbocycles. The van der Waals surface area contributed by atoms with Crippen LogP contribution in [0.15, 0.2) is 67.3 Å². The topological polar surface area (TPSA) is 61.4 Å². The molecule has 28 heavy (non-hydrogen) atoms. The number of amides is 2. The van der Waals surface area contributed by atoms with Crippen molar-refractivity contribution in [3.63, 3.8) is 0 Å². The molecule has 2 amide bonds. The van der Waals surface area contributed by atoms with E-state index in [2.05, 4.69) is 46.4 Å². The predicted molar refractivity (Wildman–Crippen MR) is 112 cm³/mol. The van der Waals surface area contributed by atoms with E-state index in [1.165, 1.54) is 5.56 Å². The van der Waals surface area contributed by atoms with Crippen LogP contribution in [0.4, 0.5) is 5.69 Å². The molecule has 0 unspecified atom stereocenters. The maximum atomic E-state index is 12.7. The van der Waals surface area contributed by atoms with Gasteiger partial charge in [0.15, 0.2) is 0 Å². The molecule has 1 saturated heterocycles. The Morgan fingerprint density at radius 3 is 2.43 bits per heavy atom. The van der Waals surface area contributed by atoms with Gasteiger partial charge in [-0.15, -0.1) is 6.58 Å². The summed E-state index contributed by atoms with van der Waals surface area (Å²) < 4.78 is 0. The van der Waals surface area contributed by atoms with Crippen LogP contribution in [0.1, 0.15) is 28.8 Å². The van der Waals surface area contributed by atoms with Crippen molar-refractivity contribution in [3.05, 3.63) is 78.4 Å². The number of carbonyl (C=O) groups is 2. The van der Waals surface area contributed by atoms with Crippen LogP contribution in [0, 0.1) is 5.92 Å².